The van der Waals surface area contributed by atoms with Crippen LogP contribution >= 0.6 is 11.8 Å². The molecule has 3 atom stereocenters. The molecule has 45 heavy (non-hydrogen) atoms. The molecule has 0 N–H and O–H groups in total. The number of hydrogen-bond acceptors (Lipinski definition) is 6. The van der Waals surface area contributed by atoms with Crippen LogP contribution in [0, 0.1) is 5.41 Å². The first kappa shape index (κ1) is 30.7. The minimum atomic E-state index is -0.946. The van der Waals surface area contributed by atoms with E-state index in [9.17, 15) is 0 Å². The Morgan fingerprint density at radius 1 is 0.867 bits per heavy atom. The zero-order valence-corrected chi connectivity index (χ0v) is 27.4. The zero-order valence-electron chi connectivity index (χ0n) is 26.6. The molecule has 7 rings (SSSR count). The number of benzene rings is 3. The van der Waals surface area contributed by atoms with Gasteiger partial charge in [0.15, 0.2) is 10.7 Å². The number of rotatable bonds is 10. The Labute approximate surface area is 271 Å². The van der Waals surface area contributed by atoms with Crippen LogP contribution in [0.25, 0.3) is 0 Å². The minimum Gasteiger partial charge on any atom is -0.381 e. The number of fused-ring (bicyclic) bond motifs is 3. The van der Waals surface area contributed by atoms with Gasteiger partial charge in [0.1, 0.15) is 6.10 Å². The number of methoxy groups -OCH3 is 3. The maximum atomic E-state index is 15.4. The van der Waals surface area contributed by atoms with Gasteiger partial charge in [0.2, 0.25) is 0 Å². The van der Waals surface area contributed by atoms with E-state index in [4.69, 9.17) is 19.2 Å². The van der Waals surface area contributed by atoms with Crippen LogP contribution in [0.3, 0.4) is 0 Å². The number of aliphatic imine (C=N–C) groups is 1. The molecule has 3 aromatic rings. The van der Waals surface area contributed by atoms with Gasteiger partial charge in [-0.05, 0) is 78.7 Å². The van der Waals surface area contributed by atoms with E-state index in [1.165, 1.54) is 24.0 Å². The fourth-order valence-corrected chi connectivity index (χ4v) is 9.19. The standard InChI is InChI=1S/C38H44N2O4S/c1-42-31-18-20-37(21-19-31)23-30-17-16-29(26-14-15-26)22-32(30)38(37)35(41)40(24-33(43-2)27-10-6-4-7-11-27)36(39-38)45-25-34(44-3)28-12-8-5-9-13-28/h4-13,16-17,22,26,31,33-34H,14-15,18-21,23-25H2,1-3H3/t31?,33-,34+,37?,38?/m0/s1. The summed E-state index contributed by atoms with van der Waals surface area (Å²) in [6.07, 6.45) is 6.87. The predicted octanol–water partition coefficient (Wildman–Crippen LogP) is 7.60. The molecule has 1 heterocycles. The molecule has 0 radical (unpaired) electrons. The van der Waals surface area contributed by atoms with Gasteiger partial charge in [-0.2, -0.15) is 0 Å². The summed E-state index contributed by atoms with van der Waals surface area (Å²) < 4.78 is 17.8. The fourth-order valence-electron chi connectivity index (χ4n) is 8.05. The number of nitrogens with zero attached hydrogens (tertiary/aromatic N) is 2. The SMILES string of the molecule is COC1CCC2(CC1)Cc1ccc(C3CC3)cc1C21N=C(SC[C@@H](OC)c2ccccc2)N(C[C@H](OC)c2ccccc2)C1=O. The number of ether oxygens (including phenoxy) is 3. The first-order chi connectivity index (χ1) is 22.0. The van der Waals surface area contributed by atoms with Gasteiger partial charge in [0.25, 0.3) is 5.91 Å². The van der Waals surface area contributed by atoms with Crippen molar-refractivity contribution in [2.75, 3.05) is 33.6 Å². The molecule has 3 aliphatic carbocycles. The van der Waals surface area contributed by atoms with Crippen molar-refractivity contribution in [1.29, 1.82) is 0 Å². The molecule has 2 spiro atoms. The molecule has 0 aromatic heterocycles. The third-order valence-corrected chi connectivity index (χ3v) is 11.8. The maximum Gasteiger partial charge on any atom is 0.261 e. The first-order valence-electron chi connectivity index (χ1n) is 16.4. The van der Waals surface area contributed by atoms with Crippen LogP contribution in [0.1, 0.15) is 84.5 Å². The van der Waals surface area contributed by atoms with E-state index in [1.807, 2.05) is 48.4 Å². The molecule has 6 nitrogen and oxygen atoms in total. The lowest BCUT2D eigenvalue weighted by molar-refractivity contribution is -0.139. The van der Waals surface area contributed by atoms with E-state index >= 15 is 4.79 Å². The second-order valence-corrected chi connectivity index (χ2v) is 14.2. The summed E-state index contributed by atoms with van der Waals surface area (Å²) in [6, 6.07) is 27.5. The highest BCUT2D eigenvalue weighted by atomic mass is 32.2. The number of amidine groups is 1. The Kier molecular flexibility index (Phi) is 8.64. The number of carbonyl (C=O) groups excluding carboxylic acids is 1. The Hall–Kier alpha value is -2.97. The van der Waals surface area contributed by atoms with Crippen molar-refractivity contribution in [2.24, 2.45) is 10.4 Å². The molecule has 4 aliphatic rings. The Morgan fingerprint density at radius 3 is 2.11 bits per heavy atom. The number of carbonyl (C=O) groups is 1. The molecule has 2 saturated carbocycles. The highest BCUT2D eigenvalue weighted by molar-refractivity contribution is 8.13. The smallest absolute Gasteiger partial charge is 0.261 e. The van der Waals surface area contributed by atoms with Crippen LogP contribution in [-0.4, -0.2) is 55.7 Å². The minimum absolute atomic E-state index is 0.0965. The van der Waals surface area contributed by atoms with Crippen LogP contribution < -0.4 is 0 Å². The quantitative estimate of drug-likeness (QED) is 0.233. The Morgan fingerprint density at radius 2 is 1.51 bits per heavy atom. The fraction of sp³-hybridized carbons (Fsp3) is 0.474. The third-order valence-electron chi connectivity index (χ3n) is 10.8. The molecule has 1 aliphatic heterocycles. The van der Waals surface area contributed by atoms with E-state index in [1.54, 1.807) is 26.0 Å². The summed E-state index contributed by atoms with van der Waals surface area (Å²) >= 11 is 1.63. The largest absolute Gasteiger partial charge is 0.381 e. The van der Waals surface area contributed by atoms with Crippen LogP contribution in [0.2, 0.25) is 0 Å². The maximum absolute atomic E-state index is 15.4. The van der Waals surface area contributed by atoms with E-state index in [0.717, 1.165) is 54.0 Å². The van der Waals surface area contributed by atoms with Crippen molar-refractivity contribution >= 4 is 22.8 Å². The van der Waals surface area contributed by atoms with Gasteiger partial charge in [-0.3, -0.25) is 9.69 Å². The first-order valence-corrected chi connectivity index (χ1v) is 17.4. The van der Waals surface area contributed by atoms with Crippen molar-refractivity contribution in [3.8, 4) is 0 Å². The molecule has 2 fully saturated rings. The lowest BCUT2D eigenvalue weighted by Crippen LogP contribution is -2.52. The van der Waals surface area contributed by atoms with Crippen LogP contribution in [-0.2, 0) is 31.0 Å². The van der Waals surface area contributed by atoms with Gasteiger partial charge in [-0.25, -0.2) is 4.99 Å². The van der Waals surface area contributed by atoms with Gasteiger partial charge < -0.3 is 14.2 Å². The van der Waals surface area contributed by atoms with E-state index in [0.29, 0.717) is 18.2 Å². The molecule has 1 unspecified atom stereocenters. The molecule has 7 heteroatoms. The summed E-state index contributed by atoms with van der Waals surface area (Å²) in [4.78, 5) is 23.0. The zero-order chi connectivity index (χ0) is 31.0. The summed E-state index contributed by atoms with van der Waals surface area (Å²) in [5, 5.41) is 0.772. The van der Waals surface area contributed by atoms with Crippen molar-refractivity contribution in [3.63, 3.8) is 0 Å². The normalized spacial score (nSPS) is 27.2. The summed E-state index contributed by atoms with van der Waals surface area (Å²) in [7, 11) is 5.30. The van der Waals surface area contributed by atoms with Crippen LogP contribution in [0.4, 0.5) is 0 Å². The van der Waals surface area contributed by atoms with Gasteiger partial charge in [0, 0.05) is 32.5 Å². The average Bonchev–Trinajstić information content (AvgIpc) is 3.86. The van der Waals surface area contributed by atoms with Crippen molar-refractivity contribution in [2.45, 2.75) is 74.7 Å². The number of amides is 1. The second-order valence-electron chi connectivity index (χ2n) is 13.2. The van der Waals surface area contributed by atoms with Gasteiger partial charge in [-0.1, -0.05) is 90.6 Å². The predicted molar refractivity (Wildman–Crippen MR) is 179 cm³/mol. The van der Waals surface area contributed by atoms with Gasteiger partial charge >= 0.3 is 0 Å². The third kappa shape index (κ3) is 5.46. The molecule has 3 aromatic carbocycles. The number of hydrogen-bond donors (Lipinski definition) is 0. The Bertz CT molecular complexity index is 1530. The van der Waals surface area contributed by atoms with Gasteiger partial charge in [0.05, 0.1) is 18.8 Å². The highest BCUT2D eigenvalue weighted by Gasteiger charge is 2.67. The highest BCUT2D eigenvalue weighted by Crippen LogP contribution is 2.63. The number of thioether (sulfide) groups is 1. The second kappa shape index (κ2) is 12.7. The van der Waals surface area contributed by atoms with Crippen molar-refractivity contribution in [1.82, 2.24) is 4.90 Å². The summed E-state index contributed by atoms with van der Waals surface area (Å²) in [6.45, 7) is 0.407. The topological polar surface area (TPSA) is 60.4 Å². The molecular weight excluding hydrogens is 580 g/mol. The molecule has 236 valence electrons. The molecular formula is C38H44N2O4S. The lowest BCUT2D eigenvalue weighted by atomic mass is 9.61. The van der Waals surface area contributed by atoms with E-state index in [2.05, 4.69) is 42.5 Å². The summed E-state index contributed by atoms with van der Waals surface area (Å²) in [5.74, 6) is 1.35. The lowest BCUT2D eigenvalue weighted by Gasteiger charge is -2.45. The van der Waals surface area contributed by atoms with Gasteiger partial charge in [-0.15, -0.1) is 0 Å². The molecule has 0 saturated heterocycles. The van der Waals surface area contributed by atoms with Crippen LogP contribution in [0.15, 0.2) is 83.9 Å². The van der Waals surface area contributed by atoms with Crippen LogP contribution in [0.5, 0.6) is 0 Å². The van der Waals surface area contributed by atoms with E-state index < -0.39 is 5.54 Å². The summed E-state index contributed by atoms with van der Waals surface area (Å²) in [5.41, 5.74) is 4.71. The molecule has 1 amide bonds. The Balaban J connectivity index is 1.31. The monoisotopic (exact) mass is 624 g/mol. The molecule has 0 bridgehead atoms. The van der Waals surface area contributed by atoms with Crippen molar-refractivity contribution in [3.05, 3.63) is 107 Å². The van der Waals surface area contributed by atoms with E-state index in [-0.39, 0.29) is 29.6 Å². The average molecular weight is 625 g/mol. The van der Waals surface area contributed by atoms with Crippen molar-refractivity contribution < 1.29 is 19.0 Å².